The molecule has 1 aliphatic heterocycles. The zero-order valence-corrected chi connectivity index (χ0v) is 18.6. The molecule has 0 bridgehead atoms. The van der Waals surface area contributed by atoms with Crippen LogP contribution in [0.2, 0.25) is 5.02 Å². The van der Waals surface area contributed by atoms with Crippen molar-refractivity contribution in [3.63, 3.8) is 0 Å². The van der Waals surface area contributed by atoms with Crippen molar-refractivity contribution in [3.8, 4) is 0 Å². The summed E-state index contributed by atoms with van der Waals surface area (Å²) >= 11 is 6.31. The fourth-order valence-corrected chi connectivity index (χ4v) is 4.55. The maximum Gasteiger partial charge on any atom is 0.274 e. The molecular formula is C23H31ClN4O2. The summed E-state index contributed by atoms with van der Waals surface area (Å²) in [6.45, 7) is 8.43. The number of nitrogens with zero attached hydrogens (tertiary/aromatic N) is 3. The molecule has 1 amide bonds. The van der Waals surface area contributed by atoms with E-state index in [0.29, 0.717) is 44.0 Å². The average Bonchev–Trinajstić information content (AvgIpc) is 3.10. The second-order valence-electron chi connectivity index (χ2n) is 8.67. The molecule has 2 aliphatic rings. The number of nitrogens with one attached hydrogen (secondary N) is 1. The Balaban J connectivity index is 1.53. The molecule has 1 aliphatic carbocycles. The molecular weight excluding hydrogens is 400 g/mol. The summed E-state index contributed by atoms with van der Waals surface area (Å²) in [6, 6.07) is 8.24. The van der Waals surface area contributed by atoms with Crippen LogP contribution in [-0.2, 0) is 30.7 Å². The minimum Gasteiger partial charge on any atom is -0.378 e. The topological polar surface area (TPSA) is 59.4 Å². The Morgan fingerprint density at radius 1 is 1.30 bits per heavy atom. The Bertz CT molecular complexity index is 889. The number of amides is 1. The normalized spacial score (nSPS) is 19.2. The van der Waals surface area contributed by atoms with Crippen molar-refractivity contribution >= 4 is 17.5 Å². The largest absolute Gasteiger partial charge is 0.378 e. The van der Waals surface area contributed by atoms with Crippen molar-refractivity contribution in [3.05, 3.63) is 51.8 Å². The summed E-state index contributed by atoms with van der Waals surface area (Å²) in [6.07, 6.45) is 2.79. The van der Waals surface area contributed by atoms with E-state index in [4.69, 9.17) is 21.4 Å². The van der Waals surface area contributed by atoms with Crippen LogP contribution >= 0.6 is 11.6 Å². The van der Waals surface area contributed by atoms with Crippen LogP contribution in [0.15, 0.2) is 24.3 Å². The summed E-state index contributed by atoms with van der Waals surface area (Å²) in [5.74, 6) is 0.528. The zero-order chi connectivity index (χ0) is 21.1. The Kier molecular flexibility index (Phi) is 6.76. The standard InChI is InChI=1S/C23H31ClN4O2/c1-16(2)15-28-21-8-7-18(25-14-17-5-3-4-6-20(17)24)13-19(21)22(26-28)23(29)27-9-11-30-12-10-27/h3-6,16,18,25H,7-15H2,1-2H3/t18-/m0/s1. The van der Waals surface area contributed by atoms with Gasteiger partial charge in [-0.05, 0) is 36.8 Å². The number of halogens is 1. The third-order valence-electron chi connectivity index (χ3n) is 5.92. The molecule has 162 valence electrons. The van der Waals surface area contributed by atoms with Crippen molar-refractivity contribution in [1.82, 2.24) is 20.0 Å². The van der Waals surface area contributed by atoms with Crippen LogP contribution in [0.25, 0.3) is 0 Å². The van der Waals surface area contributed by atoms with E-state index in [1.54, 1.807) is 0 Å². The van der Waals surface area contributed by atoms with E-state index in [0.717, 1.165) is 48.5 Å². The summed E-state index contributed by atoms with van der Waals surface area (Å²) in [7, 11) is 0. The molecule has 2 heterocycles. The number of rotatable bonds is 6. The van der Waals surface area contributed by atoms with E-state index >= 15 is 0 Å². The van der Waals surface area contributed by atoms with Gasteiger partial charge in [0.2, 0.25) is 0 Å². The van der Waals surface area contributed by atoms with Crippen LogP contribution < -0.4 is 5.32 Å². The van der Waals surface area contributed by atoms with Gasteiger partial charge in [0, 0.05) is 48.5 Å². The van der Waals surface area contributed by atoms with Crippen molar-refractivity contribution in [2.75, 3.05) is 26.3 Å². The van der Waals surface area contributed by atoms with Crippen molar-refractivity contribution in [1.29, 1.82) is 0 Å². The first kappa shape index (κ1) is 21.3. The maximum absolute atomic E-state index is 13.3. The van der Waals surface area contributed by atoms with Gasteiger partial charge in [0.05, 0.1) is 13.2 Å². The third-order valence-corrected chi connectivity index (χ3v) is 6.29. The quantitative estimate of drug-likeness (QED) is 0.763. The molecule has 1 fully saturated rings. The van der Waals surface area contributed by atoms with Crippen molar-refractivity contribution in [2.45, 2.75) is 52.2 Å². The predicted octanol–water partition coefficient (Wildman–Crippen LogP) is 3.31. The summed E-state index contributed by atoms with van der Waals surface area (Å²) in [5.41, 5.74) is 4.09. The molecule has 0 saturated carbocycles. The van der Waals surface area contributed by atoms with Crippen LogP contribution in [0, 0.1) is 5.92 Å². The average molecular weight is 431 g/mol. The molecule has 4 rings (SSSR count). The Morgan fingerprint density at radius 2 is 2.07 bits per heavy atom. The summed E-state index contributed by atoms with van der Waals surface area (Å²) < 4.78 is 7.50. The predicted molar refractivity (Wildman–Crippen MR) is 118 cm³/mol. The first-order valence-corrected chi connectivity index (χ1v) is 11.3. The zero-order valence-electron chi connectivity index (χ0n) is 17.9. The number of carbonyl (C=O) groups excluding carboxylic acids is 1. The number of ether oxygens (including phenoxy) is 1. The van der Waals surface area contributed by atoms with Crippen LogP contribution in [-0.4, -0.2) is 52.9 Å². The molecule has 1 atom stereocenters. The number of fused-ring (bicyclic) bond motifs is 1. The highest BCUT2D eigenvalue weighted by atomic mass is 35.5. The third kappa shape index (κ3) is 4.71. The van der Waals surface area contributed by atoms with Gasteiger partial charge in [0.15, 0.2) is 5.69 Å². The van der Waals surface area contributed by atoms with Gasteiger partial charge in [-0.25, -0.2) is 0 Å². The van der Waals surface area contributed by atoms with Gasteiger partial charge in [-0.3, -0.25) is 9.48 Å². The Morgan fingerprint density at radius 3 is 2.80 bits per heavy atom. The van der Waals surface area contributed by atoms with Gasteiger partial charge < -0.3 is 15.0 Å². The molecule has 1 aromatic carbocycles. The van der Waals surface area contributed by atoms with E-state index < -0.39 is 0 Å². The number of morpholine rings is 1. The molecule has 2 aromatic rings. The van der Waals surface area contributed by atoms with E-state index in [2.05, 4.69) is 29.9 Å². The summed E-state index contributed by atoms with van der Waals surface area (Å²) in [4.78, 5) is 15.1. The van der Waals surface area contributed by atoms with Crippen LogP contribution in [0.5, 0.6) is 0 Å². The minimum absolute atomic E-state index is 0.0452. The Hall–Kier alpha value is -1.89. The number of carbonyl (C=O) groups is 1. The minimum atomic E-state index is 0.0452. The lowest BCUT2D eigenvalue weighted by molar-refractivity contribution is 0.0297. The fourth-order valence-electron chi connectivity index (χ4n) is 4.34. The monoisotopic (exact) mass is 430 g/mol. The molecule has 0 spiro atoms. The molecule has 1 N–H and O–H groups in total. The van der Waals surface area contributed by atoms with Gasteiger partial charge in [0.1, 0.15) is 0 Å². The Labute approximate surface area is 183 Å². The highest BCUT2D eigenvalue weighted by Crippen LogP contribution is 2.27. The van der Waals surface area contributed by atoms with E-state index in [-0.39, 0.29) is 5.91 Å². The van der Waals surface area contributed by atoms with E-state index in [1.807, 2.05) is 23.1 Å². The molecule has 0 radical (unpaired) electrons. The molecule has 1 saturated heterocycles. The van der Waals surface area contributed by atoms with Gasteiger partial charge in [0.25, 0.3) is 5.91 Å². The lowest BCUT2D eigenvalue weighted by Gasteiger charge is -2.28. The van der Waals surface area contributed by atoms with E-state index in [1.165, 1.54) is 5.69 Å². The number of benzene rings is 1. The lowest BCUT2D eigenvalue weighted by atomic mass is 9.90. The molecule has 1 aromatic heterocycles. The molecule has 0 unspecified atom stereocenters. The maximum atomic E-state index is 13.3. The smallest absolute Gasteiger partial charge is 0.274 e. The molecule has 30 heavy (non-hydrogen) atoms. The first-order chi connectivity index (χ1) is 14.5. The summed E-state index contributed by atoms with van der Waals surface area (Å²) in [5, 5.41) is 9.25. The SMILES string of the molecule is CC(C)Cn1nc(C(=O)N2CCOCC2)c2c1CC[C@H](NCc1ccccc1Cl)C2. The van der Waals surface area contributed by atoms with Gasteiger partial charge in [-0.15, -0.1) is 0 Å². The van der Waals surface area contributed by atoms with Crippen molar-refractivity contribution < 1.29 is 9.53 Å². The van der Waals surface area contributed by atoms with Crippen molar-refractivity contribution in [2.24, 2.45) is 5.92 Å². The van der Waals surface area contributed by atoms with Crippen LogP contribution in [0.3, 0.4) is 0 Å². The molecule has 7 heteroatoms. The van der Waals surface area contributed by atoms with Gasteiger partial charge in [-0.2, -0.15) is 5.10 Å². The number of aromatic nitrogens is 2. The molecule has 6 nitrogen and oxygen atoms in total. The number of hydrogen-bond donors (Lipinski definition) is 1. The first-order valence-electron chi connectivity index (χ1n) is 10.9. The lowest BCUT2D eigenvalue weighted by Crippen LogP contribution is -2.41. The van der Waals surface area contributed by atoms with Gasteiger partial charge in [-0.1, -0.05) is 43.6 Å². The number of hydrogen-bond acceptors (Lipinski definition) is 4. The highest BCUT2D eigenvalue weighted by Gasteiger charge is 2.31. The van der Waals surface area contributed by atoms with E-state index in [9.17, 15) is 4.79 Å². The fraction of sp³-hybridized carbons (Fsp3) is 0.565. The van der Waals surface area contributed by atoms with Crippen LogP contribution in [0.4, 0.5) is 0 Å². The van der Waals surface area contributed by atoms with Gasteiger partial charge >= 0.3 is 0 Å². The second kappa shape index (κ2) is 9.50. The van der Waals surface area contributed by atoms with Crippen LogP contribution in [0.1, 0.15) is 47.6 Å². The second-order valence-corrected chi connectivity index (χ2v) is 9.07. The highest BCUT2D eigenvalue weighted by molar-refractivity contribution is 6.31.